The molecule has 0 amide bonds. The molecule has 0 spiro atoms. The fraction of sp³-hybridized carbons (Fsp3) is 0.370. The first-order chi connectivity index (χ1) is 19.7. The Morgan fingerprint density at radius 1 is 1.05 bits per heavy atom. The summed E-state index contributed by atoms with van der Waals surface area (Å²) in [6, 6.07) is 5.18. The van der Waals surface area contributed by atoms with E-state index >= 15 is 0 Å². The second-order valence-electron chi connectivity index (χ2n) is 9.58. The maximum Gasteiger partial charge on any atom is 0.418 e. The normalized spacial score (nSPS) is 14.7. The summed E-state index contributed by atoms with van der Waals surface area (Å²) >= 11 is 0. The van der Waals surface area contributed by atoms with E-state index in [0.717, 1.165) is 36.1 Å². The number of hydrazine groups is 1. The van der Waals surface area contributed by atoms with Crippen molar-refractivity contribution in [2.45, 2.75) is 57.2 Å². The monoisotopic (exact) mass is 604 g/mol. The van der Waals surface area contributed by atoms with Crippen LogP contribution in [0.25, 0.3) is 5.70 Å². The number of hydrogen-bond donors (Lipinski definition) is 2. The Balaban J connectivity index is 0.000000458. The van der Waals surface area contributed by atoms with Gasteiger partial charge < -0.3 is 10.7 Å². The largest absolute Gasteiger partial charge is 0.418 e. The molecule has 0 atom stereocenters. The molecular formula is C27H28F8N6O. The third-order valence-electron chi connectivity index (χ3n) is 6.51. The lowest BCUT2D eigenvalue weighted by Gasteiger charge is -2.24. The van der Waals surface area contributed by atoms with Crippen LogP contribution in [0.2, 0.25) is 0 Å². The molecule has 3 aromatic rings. The summed E-state index contributed by atoms with van der Waals surface area (Å²) in [6.07, 6.45) is -2.42. The quantitative estimate of drug-likeness (QED) is 0.217. The summed E-state index contributed by atoms with van der Waals surface area (Å²) in [5.41, 5.74) is 2.87. The molecule has 2 heterocycles. The van der Waals surface area contributed by atoms with Crippen LogP contribution in [-0.4, -0.2) is 33.2 Å². The van der Waals surface area contributed by atoms with Gasteiger partial charge in [0.1, 0.15) is 28.8 Å². The molecule has 1 aliphatic rings. The number of allylic oxidation sites excluding steroid dienone is 1. The Kier molecular flexibility index (Phi) is 10.7. The van der Waals surface area contributed by atoms with Crippen LogP contribution < -0.4 is 17.1 Å². The zero-order chi connectivity index (χ0) is 31.2. The molecule has 0 radical (unpaired) electrons. The fourth-order valence-corrected chi connectivity index (χ4v) is 4.58. The maximum atomic E-state index is 13.6. The predicted octanol–water partition coefficient (Wildman–Crippen LogP) is 5.55. The predicted molar refractivity (Wildman–Crippen MR) is 138 cm³/mol. The molecule has 2 aromatic heterocycles. The molecule has 1 aromatic carbocycles. The lowest BCUT2D eigenvalue weighted by Crippen LogP contribution is -2.34. The Hall–Kier alpha value is -4.01. The minimum absolute atomic E-state index is 0.160. The zero-order valence-electron chi connectivity index (χ0n) is 22.3. The van der Waals surface area contributed by atoms with Crippen LogP contribution in [0.4, 0.5) is 35.1 Å². The van der Waals surface area contributed by atoms with Crippen molar-refractivity contribution in [1.82, 2.24) is 19.8 Å². The Bertz CT molecular complexity index is 1410. The molecule has 1 saturated carbocycles. The van der Waals surface area contributed by atoms with Gasteiger partial charge in [-0.05, 0) is 37.0 Å². The van der Waals surface area contributed by atoms with Gasteiger partial charge in [0.25, 0.3) is 12.0 Å². The lowest BCUT2D eigenvalue weighted by molar-refractivity contribution is -0.138. The Morgan fingerprint density at radius 3 is 2.12 bits per heavy atom. The van der Waals surface area contributed by atoms with Gasteiger partial charge in [0.2, 0.25) is 0 Å². The molecule has 7 nitrogen and oxygen atoms in total. The van der Waals surface area contributed by atoms with E-state index < -0.39 is 64.8 Å². The summed E-state index contributed by atoms with van der Waals surface area (Å²) in [6.45, 7) is -0.599. The average Bonchev–Trinajstić information content (AvgIpc) is 2.89. The molecule has 1 fully saturated rings. The van der Waals surface area contributed by atoms with Gasteiger partial charge in [0.15, 0.2) is 0 Å². The molecule has 0 unspecified atom stereocenters. The van der Waals surface area contributed by atoms with E-state index in [1.807, 2.05) is 0 Å². The number of benzene rings is 1. The van der Waals surface area contributed by atoms with E-state index in [1.54, 1.807) is 0 Å². The Labute approximate surface area is 235 Å². The standard InChI is InChI=1S/C21H25F5N6O.C6H3F3/c1-31(28)18(19(22)23)17(27)15-10-13(12-6-3-2-4-7-12)20(33)32(30-15)11-16-14(21(24,25)26)8-5-9-29-16;7-4-1-5(8)3-6(9)2-4/h5,8-10,12,19H,2-4,6-7,11,27-28H2,1H3;1-3H/b18-17-;. The summed E-state index contributed by atoms with van der Waals surface area (Å²) in [5.74, 6) is 2.64. The number of alkyl halides is 5. The average molecular weight is 605 g/mol. The number of nitrogens with two attached hydrogens (primary N) is 2. The second kappa shape index (κ2) is 13.8. The number of aromatic nitrogens is 3. The van der Waals surface area contributed by atoms with E-state index in [4.69, 9.17) is 11.6 Å². The van der Waals surface area contributed by atoms with Crippen LogP contribution in [0.1, 0.15) is 60.5 Å². The van der Waals surface area contributed by atoms with E-state index in [-0.39, 0.29) is 17.2 Å². The van der Waals surface area contributed by atoms with E-state index in [9.17, 15) is 39.9 Å². The van der Waals surface area contributed by atoms with Crippen LogP contribution >= 0.6 is 0 Å². The van der Waals surface area contributed by atoms with Crippen molar-refractivity contribution >= 4 is 5.70 Å². The number of hydrogen-bond acceptors (Lipinski definition) is 6. The van der Waals surface area contributed by atoms with Crippen molar-refractivity contribution in [2.75, 3.05) is 7.05 Å². The van der Waals surface area contributed by atoms with Crippen molar-refractivity contribution in [1.29, 1.82) is 0 Å². The van der Waals surface area contributed by atoms with Crippen molar-refractivity contribution in [3.63, 3.8) is 0 Å². The van der Waals surface area contributed by atoms with Gasteiger partial charge in [0.05, 0.1) is 23.5 Å². The molecule has 4 rings (SSSR count). The van der Waals surface area contributed by atoms with E-state index in [2.05, 4.69) is 10.1 Å². The molecule has 15 heteroatoms. The smallest absolute Gasteiger partial charge is 0.395 e. The van der Waals surface area contributed by atoms with Gasteiger partial charge in [0, 0.05) is 37.0 Å². The van der Waals surface area contributed by atoms with Gasteiger partial charge in [-0.3, -0.25) is 9.78 Å². The SMILES string of the molecule is CN(N)/C(=C(\N)c1cc(C2CCCCC2)c(=O)n(Cc2ncccc2C(F)(F)F)n1)C(F)F.Fc1cc(F)cc(F)c1. The zero-order valence-corrected chi connectivity index (χ0v) is 22.3. The van der Waals surface area contributed by atoms with Gasteiger partial charge in [-0.1, -0.05) is 19.3 Å². The topological polar surface area (TPSA) is 103 Å². The maximum absolute atomic E-state index is 13.6. The Morgan fingerprint density at radius 2 is 1.62 bits per heavy atom. The number of rotatable bonds is 6. The van der Waals surface area contributed by atoms with Crippen molar-refractivity contribution < 1.29 is 35.1 Å². The highest BCUT2D eigenvalue weighted by Gasteiger charge is 2.34. The summed E-state index contributed by atoms with van der Waals surface area (Å²) in [5, 5.41) is 4.68. The molecule has 0 aliphatic heterocycles. The first kappa shape index (κ1) is 32.5. The molecule has 228 valence electrons. The molecule has 1 aliphatic carbocycles. The fourth-order valence-electron chi connectivity index (χ4n) is 4.58. The minimum Gasteiger partial charge on any atom is -0.395 e. The van der Waals surface area contributed by atoms with Crippen LogP contribution in [0.15, 0.2) is 53.1 Å². The highest BCUT2D eigenvalue weighted by atomic mass is 19.4. The number of nitrogens with zero attached hydrogens (tertiary/aromatic N) is 4. The van der Waals surface area contributed by atoms with E-state index in [1.165, 1.54) is 19.3 Å². The first-order valence-corrected chi connectivity index (χ1v) is 12.7. The number of pyridine rings is 1. The summed E-state index contributed by atoms with van der Waals surface area (Å²) in [4.78, 5) is 17.0. The molecule has 42 heavy (non-hydrogen) atoms. The minimum atomic E-state index is -4.69. The summed E-state index contributed by atoms with van der Waals surface area (Å²) in [7, 11) is 1.18. The van der Waals surface area contributed by atoms with Crippen molar-refractivity contribution in [3.8, 4) is 0 Å². The van der Waals surface area contributed by atoms with Crippen molar-refractivity contribution in [3.05, 3.63) is 98.6 Å². The highest BCUT2D eigenvalue weighted by Crippen LogP contribution is 2.33. The highest BCUT2D eigenvalue weighted by molar-refractivity contribution is 5.63. The molecule has 0 bridgehead atoms. The third-order valence-corrected chi connectivity index (χ3v) is 6.51. The number of halogens is 8. The third kappa shape index (κ3) is 8.27. The summed E-state index contributed by atoms with van der Waals surface area (Å²) < 4.78 is 104. The molecular weight excluding hydrogens is 576 g/mol. The van der Waals surface area contributed by atoms with Crippen LogP contribution in [0.5, 0.6) is 0 Å². The molecule has 4 N–H and O–H groups in total. The van der Waals surface area contributed by atoms with Gasteiger partial charge in [-0.2, -0.15) is 18.3 Å². The second-order valence-corrected chi connectivity index (χ2v) is 9.58. The van der Waals surface area contributed by atoms with Crippen LogP contribution in [0.3, 0.4) is 0 Å². The van der Waals surface area contributed by atoms with Gasteiger partial charge in [-0.15, -0.1) is 0 Å². The van der Waals surface area contributed by atoms with Crippen LogP contribution in [-0.2, 0) is 12.7 Å². The van der Waals surface area contributed by atoms with Crippen LogP contribution in [0, 0.1) is 17.5 Å². The van der Waals surface area contributed by atoms with Gasteiger partial charge >= 0.3 is 6.18 Å². The first-order valence-electron chi connectivity index (χ1n) is 12.7. The van der Waals surface area contributed by atoms with Crippen molar-refractivity contribution in [2.24, 2.45) is 11.6 Å². The molecule has 0 saturated heterocycles. The van der Waals surface area contributed by atoms with Gasteiger partial charge in [-0.25, -0.2) is 32.5 Å². The lowest BCUT2D eigenvalue weighted by atomic mass is 9.84. The van der Waals surface area contributed by atoms with E-state index in [0.29, 0.717) is 36.0 Å².